The Morgan fingerprint density at radius 2 is 1.60 bits per heavy atom. The number of amides is 3. The smallest absolute Gasteiger partial charge is 0.255 e. The molecule has 2 aromatic heterocycles. The van der Waals surface area contributed by atoms with Crippen LogP contribution in [0.15, 0.2) is 77.9 Å². The van der Waals surface area contributed by atoms with E-state index in [0.717, 1.165) is 71.2 Å². The minimum atomic E-state index is -0.561. The Bertz CT molecular complexity index is 2190. The molecular formula is C43H49F2N9O4. The lowest BCUT2D eigenvalue weighted by atomic mass is 9.84. The first-order valence-electron chi connectivity index (χ1n) is 20.4. The van der Waals surface area contributed by atoms with Crippen LogP contribution in [0.2, 0.25) is 0 Å². The van der Waals surface area contributed by atoms with Crippen LogP contribution in [0.3, 0.4) is 0 Å². The van der Waals surface area contributed by atoms with Crippen molar-refractivity contribution in [2.24, 2.45) is 11.8 Å². The Hall–Kier alpha value is -5.70. The maximum Gasteiger partial charge on any atom is 0.255 e. The predicted molar refractivity (Wildman–Crippen MR) is 217 cm³/mol. The summed E-state index contributed by atoms with van der Waals surface area (Å²) in [7, 11) is 0. The molecule has 5 heterocycles. The van der Waals surface area contributed by atoms with Gasteiger partial charge >= 0.3 is 0 Å². The first-order valence-corrected chi connectivity index (χ1v) is 20.4. The third-order valence-corrected chi connectivity index (χ3v) is 12.1. The number of rotatable bonds is 10. The van der Waals surface area contributed by atoms with Crippen molar-refractivity contribution in [1.29, 1.82) is 0 Å². The third kappa shape index (κ3) is 9.04. The standard InChI is InChI=1S/C43H49F2N9O4/c44-34-25-32(47-36-12-14-38(55)49-41(36)57)11-13-37(34)52-22-20-51(21-23-52)27-28-15-18-53(19-16-28)42(58)29-7-9-31(10-8-29)48-43-46-26-35(45)40(50-43)30-4-3-5-33(24-30)54-17-2-1-6-39(54)56/h1-6,11,13,17,24-26,28-29,31,36,47H,7-10,12,14-16,18-23,27H2,(H,46,48,50)(H,49,55,57)/t29-,31-,36?. The number of piperazine rings is 1. The van der Waals surface area contributed by atoms with Gasteiger partial charge in [-0.3, -0.25) is 34.0 Å². The van der Waals surface area contributed by atoms with Crippen LogP contribution < -0.4 is 26.4 Å². The monoisotopic (exact) mass is 793 g/mol. The summed E-state index contributed by atoms with van der Waals surface area (Å²) in [6.07, 6.45) is 8.51. The van der Waals surface area contributed by atoms with Crippen LogP contribution in [0.5, 0.6) is 0 Å². The second kappa shape index (κ2) is 17.4. The molecule has 0 bridgehead atoms. The molecule has 15 heteroatoms. The summed E-state index contributed by atoms with van der Waals surface area (Å²) in [6.45, 7) is 5.59. The van der Waals surface area contributed by atoms with Crippen LogP contribution in [-0.2, 0) is 14.4 Å². The molecule has 1 aliphatic carbocycles. The zero-order valence-corrected chi connectivity index (χ0v) is 32.4. The number of hydrogen-bond donors (Lipinski definition) is 3. The Labute approximate surface area is 335 Å². The van der Waals surface area contributed by atoms with Crippen molar-refractivity contribution < 1.29 is 23.2 Å². The fourth-order valence-electron chi connectivity index (χ4n) is 8.77. The van der Waals surface area contributed by atoms with Crippen molar-refractivity contribution in [2.45, 2.75) is 63.5 Å². The van der Waals surface area contributed by atoms with E-state index in [4.69, 9.17) is 0 Å². The molecule has 3 saturated heterocycles. The molecule has 304 valence electrons. The number of hydrogen-bond acceptors (Lipinski definition) is 10. The summed E-state index contributed by atoms with van der Waals surface area (Å²) in [5.41, 5.74) is 2.18. The van der Waals surface area contributed by atoms with Crippen molar-refractivity contribution in [3.63, 3.8) is 0 Å². The fourth-order valence-corrected chi connectivity index (χ4v) is 8.77. The minimum absolute atomic E-state index is 0.0146. The first kappa shape index (κ1) is 39.1. The van der Waals surface area contributed by atoms with Gasteiger partial charge in [-0.05, 0) is 87.3 Å². The number of likely N-dealkylation sites (tertiary alicyclic amines) is 1. The average molecular weight is 794 g/mol. The van der Waals surface area contributed by atoms with Crippen LogP contribution in [-0.4, -0.2) is 100.0 Å². The van der Waals surface area contributed by atoms with Crippen molar-refractivity contribution in [3.8, 4) is 16.9 Å². The molecule has 8 rings (SSSR count). The highest BCUT2D eigenvalue weighted by Gasteiger charge is 2.33. The number of halogens is 2. The second-order valence-corrected chi connectivity index (χ2v) is 15.9. The van der Waals surface area contributed by atoms with Crippen LogP contribution in [0, 0.1) is 23.5 Å². The fraction of sp³-hybridized carbons (Fsp3) is 0.442. The van der Waals surface area contributed by atoms with E-state index in [-0.39, 0.29) is 53.2 Å². The zero-order chi connectivity index (χ0) is 40.2. The quantitative estimate of drug-likeness (QED) is 0.191. The summed E-state index contributed by atoms with van der Waals surface area (Å²) >= 11 is 0. The first-order chi connectivity index (χ1) is 28.2. The largest absolute Gasteiger partial charge is 0.374 e. The number of anilines is 3. The number of carbonyl (C=O) groups is 3. The van der Waals surface area contributed by atoms with Crippen LogP contribution in [0.4, 0.5) is 26.1 Å². The van der Waals surface area contributed by atoms with Crippen molar-refractivity contribution in [1.82, 2.24) is 29.7 Å². The number of pyridine rings is 1. The Balaban J connectivity index is 0.761. The lowest BCUT2D eigenvalue weighted by Gasteiger charge is -2.40. The Morgan fingerprint density at radius 3 is 2.34 bits per heavy atom. The van der Waals surface area contributed by atoms with E-state index in [2.05, 4.69) is 35.7 Å². The van der Waals surface area contributed by atoms with E-state index in [1.165, 1.54) is 22.9 Å². The lowest BCUT2D eigenvalue weighted by Crippen LogP contribution is -2.50. The molecule has 1 atom stereocenters. The van der Waals surface area contributed by atoms with Gasteiger partial charge < -0.3 is 20.4 Å². The van der Waals surface area contributed by atoms with Crippen LogP contribution in [0.1, 0.15) is 51.4 Å². The van der Waals surface area contributed by atoms with Gasteiger partial charge in [-0.15, -0.1) is 0 Å². The molecule has 2 aromatic carbocycles. The van der Waals surface area contributed by atoms with Gasteiger partial charge in [-0.2, -0.15) is 0 Å². The number of piperidine rings is 2. The molecule has 4 aromatic rings. The van der Waals surface area contributed by atoms with Gasteiger partial charge in [-0.25, -0.2) is 18.7 Å². The average Bonchev–Trinajstić information content (AvgIpc) is 3.23. The number of nitrogens with one attached hydrogen (secondary N) is 3. The maximum atomic E-state index is 15.2. The van der Waals surface area contributed by atoms with E-state index in [0.29, 0.717) is 54.0 Å². The van der Waals surface area contributed by atoms with Gasteiger partial charge in [0.15, 0.2) is 5.82 Å². The number of benzene rings is 2. The van der Waals surface area contributed by atoms with Crippen LogP contribution in [0.25, 0.3) is 16.9 Å². The number of aromatic nitrogens is 3. The topological polar surface area (TPSA) is 145 Å². The second-order valence-electron chi connectivity index (χ2n) is 15.9. The summed E-state index contributed by atoms with van der Waals surface area (Å²) in [4.78, 5) is 64.7. The third-order valence-electron chi connectivity index (χ3n) is 12.1. The van der Waals surface area contributed by atoms with Gasteiger partial charge in [-0.1, -0.05) is 18.2 Å². The van der Waals surface area contributed by atoms with E-state index >= 15 is 4.39 Å². The lowest BCUT2D eigenvalue weighted by molar-refractivity contribution is -0.138. The molecule has 1 saturated carbocycles. The SMILES string of the molecule is O=C1CCC(Nc2ccc(N3CCN(CC4CCN(C(=O)[C@H]5CC[C@H](Nc6ncc(F)c(-c7cccc(-n8ccccc8=O)c7)n6)CC5)CC4)CC3)c(F)c2)C(=O)N1. The van der Waals surface area contributed by atoms with Gasteiger partial charge in [0.1, 0.15) is 17.6 Å². The molecule has 4 aliphatic rings. The molecule has 0 spiro atoms. The highest BCUT2D eigenvalue weighted by Crippen LogP contribution is 2.31. The van der Waals surface area contributed by atoms with Crippen molar-refractivity contribution in [2.75, 3.05) is 61.3 Å². The molecule has 4 fully saturated rings. The summed E-state index contributed by atoms with van der Waals surface area (Å²) < 4.78 is 31.7. The van der Waals surface area contributed by atoms with Gasteiger partial charge in [0.05, 0.1) is 11.9 Å². The predicted octanol–water partition coefficient (Wildman–Crippen LogP) is 4.82. The summed E-state index contributed by atoms with van der Waals surface area (Å²) in [6, 6.07) is 16.4. The van der Waals surface area contributed by atoms with E-state index in [1.54, 1.807) is 54.7 Å². The van der Waals surface area contributed by atoms with Gasteiger partial charge in [0.25, 0.3) is 5.56 Å². The minimum Gasteiger partial charge on any atom is -0.374 e. The molecule has 58 heavy (non-hydrogen) atoms. The van der Waals surface area contributed by atoms with E-state index < -0.39 is 11.9 Å². The molecule has 3 aliphatic heterocycles. The maximum absolute atomic E-state index is 15.2. The van der Waals surface area contributed by atoms with Crippen molar-refractivity contribution in [3.05, 3.63) is 95.0 Å². The highest BCUT2D eigenvalue weighted by atomic mass is 19.1. The summed E-state index contributed by atoms with van der Waals surface area (Å²) in [5, 5.41) is 8.74. The van der Waals surface area contributed by atoms with Crippen LogP contribution >= 0.6 is 0 Å². The number of imide groups is 1. The Kier molecular flexibility index (Phi) is 11.8. The highest BCUT2D eigenvalue weighted by molar-refractivity contribution is 6.01. The van der Waals surface area contributed by atoms with E-state index in [1.807, 2.05) is 4.90 Å². The summed E-state index contributed by atoms with van der Waals surface area (Å²) in [5.74, 6) is -0.501. The molecular weight excluding hydrogens is 745 g/mol. The molecule has 3 N–H and O–H groups in total. The molecule has 0 radical (unpaired) electrons. The Morgan fingerprint density at radius 1 is 0.810 bits per heavy atom. The van der Waals surface area contributed by atoms with Gasteiger partial charge in [0.2, 0.25) is 23.7 Å². The molecule has 3 amide bonds. The molecule has 13 nitrogen and oxygen atoms in total. The van der Waals surface area contributed by atoms with Crippen molar-refractivity contribution >= 4 is 35.0 Å². The van der Waals surface area contributed by atoms with E-state index in [9.17, 15) is 23.6 Å². The number of nitrogens with zero attached hydrogens (tertiary/aromatic N) is 6. The molecule has 1 unspecified atom stereocenters. The number of carbonyl (C=O) groups excluding carboxylic acids is 3. The zero-order valence-electron chi connectivity index (χ0n) is 32.4. The van der Waals surface area contributed by atoms with Gasteiger partial charge in [0, 0.05) is 93.4 Å². The normalized spacial score (nSPS) is 22.1.